The van der Waals surface area contributed by atoms with Crippen LogP contribution in [0.4, 0.5) is 0 Å². The molecule has 0 aromatic rings. The Morgan fingerprint density at radius 2 is 1.09 bits per heavy atom. The van der Waals surface area contributed by atoms with Gasteiger partial charge in [-0.05, 0) is 37.8 Å². The summed E-state index contributed by atoms with van der Waals surface area (Å²) in [4.78, 5) is 0. The lowest BCUT2D eigenvalue weighted by atomic mass is 10.1. The molecule has 0 saturated heterocycles. The molecule has 0 bridgehead atoms. The van der Waals surface area contributed by atoms with Crippen LogP contribution < -0.4 is 0 Å². The first-order valence-electron chi connectivity index (χ1n) is 9.84. The quantitative estimate of drug-likeness (QED) is 0.237. The molecule has 0 unspecified atom stereocenters. The average Bonchev–Trinajstić information content (AvgIpc) is 2.58. The molecule has 3 nitrogen and oxygen atoms in total. The minimum absolute atomic E-state index is 0.709. The van der Waals surface area contributed by atoms with Crippen LogP contribution in [0.1, 0.15) is 91.9 Å². The van der Waals surface area contributed by atoms with Gasteiger partial charge < -0.3 is 13.3 Å². The molecule has 0 aromatic carbocycles. The van der Waals surface area contributed by atoms with Gasteiger partial charge in [-0.1, -0.05) is 65.9 Å². The van der Waals surface area contributed by atoms with E-state index in [2.05, 4.69) is 39.5 Å². The molecule has 0 fully saturated rings. The van der Waals surface area contributed by atoms with Crippen LogP contribution in [-0.2, 0) is 13.3 Å². The zero-order chi connectivity index (χ0) is 17.2. The second-order valence-electron chi connectivity index (χ2n) is 6.11. The molecule has 0 spiro atoms. The molecule has 0 heterocycles. The molecule has 0 rings (SSSR count). The molecular weight excluding hydrogens is 304 g/mol. The first-order chi connectivity index (χ1) is 11.2. The third kappa shape index (κ3) is 12.9. The molecule has 138 valence electrons. The molecule has 0 aromatic heterocycles. The summed E-state index contributed by atoms with van der Waals surface area (Å²) in [6.07, 6.45) is 14.3. The van der Waals surface area contributed by atoms with E-state index >= 15 is 0 Å². The molecule has 23 heavy (non-hydrogen) atoms. The zero-order valence-electron chi connectivity index (χ0n) is 16.1. The number of hydrogen-bond donors (Lipinski definition) is 0. The van der Waals surface area contributed by atoms with Crippen molar-refractivity contribution in [1.82, 2.24) is 0 Å². The van der Waals surface area contributed by atoms with Crippen molar-refractivity contribution in [3.05, 3.63) is 11.8 Å². The van der Waals surface area contributed by atoms with Gasteiger partial charge in [0.1, 0.15) is 0 Å². The second-order valence-corrected chi connectivity index (χ2v) is 8.51. The van der Waals surface area contributed by atoms with E-state index < -0.39 is 8.80 Å². The van der Waals surface area contributed by atoms with Gasteiger partial charge in [0.25, 0.3) is 0 Å². The summed E-state index contributed by atoms with van der Waals surface area (Å²) in [7, 11) is -2.62. The highest BCUT2D eigenvalue weighted by atomic mass is 28.4. The van der Waals surface area contributed by atoms with Gasteiger partial charge in [0.05, 0.1) is 0 Å². The highest BCUT2D eigenvalue weighted by Gasteiger charge is 2.37. The monoisotopic (exact) mass is 344 g/mol. The van der Waals surface area contributed by atoms with E-state index in [0.29, 0.717) is 19.8 Å². The Balaban J connectivity index is 4.35. The lowest BCUT2D eigenvalue weighted by Crippen LogP contribution is -2.45. The SMILES string of the molecule is CCCCCCCCC=C[Si](OCCC)(OCCC)OCCC. The molecule has 0 atom stereocenters. The van der Waals surface area contributed by atoms with Crippen molar-refractivity contribution in [1.29, 1.82) is 0 Å². The van der Waals surface area contributed by atoms with Crippen molar-refractivity contribution in [2.45, 2.75) is 91.9 Å². The van der Waals surface area contributed by atoms with Crippen molar-refractivity contribution in [2.75, 3.05) is 19.8 Å². The van der Waals surface area contributed by atoms with Crippen molar-refractivity contribution in [3.63, 3.8) is 0 Å². The fourth-order valence-corrected chi connectivity index (χ4v) is 4.73. The van der Waals surface area contributed by atoms with Gasteiger partial charge in [0, 0.05) is 19.8 Å². The molecule has 0 aliphatic carbocycles. The van der Waals surface area contributed by atoms with Crippen molar-refractivity contribution in [3.8, 4) is 0 Å². The van der Waals surface area contributed by atoms with Crippen molar-refractivity contribution in [2.24, 2.45) is 0 Å². The van der Waals surface area contributed by atoms with Gasteiger partial charge in [-0.3, -0.25) is 0 Å². The summed E-state index contributed by atoms with van der Waals surface area (Å²) in [5.41, 5.74) is 2.13. The Kier molecular flexibility index (Phi) is 16.6. The minimum atomic E-state index is -2.62. The largest absolute Gasteiger partial charge is 0.529 e. The predicted octanol–water partition coefficient (Wildman–Crippen LogP) is 6.05. The summed E-state index contributed by atoms with van der Waals surface area (Å²) in [5.74, 6) is 0. The van der Waals surface area contributed by atoms with Crippen LogP contribution in [0.15, 0.2) is 11.8 Å². The maximum Gasteiger partial charge on any atom is 0.529 e. The smallest absolute Gasteiger partial charge is 0.370 e. The topological polar surface area (TPSA) is 27.7 Å². The Hall–Kier alpha value is -0.163. The van der Waals surface area contributed by atoms with Crippen LogP contribution in [0.3, 0.4) is 0 Å². The van der Waals surface area contributed by atoms with Crippen LogP contribution in [-0.4, -0.2) is 28.6 Å². The van der Waals surface area contributed by atoms with E-state index in [4.69, 9.17) is 13.3 Å². The maximum atomic E-state index is 6.05. The van der Waals surface area contributed by atoms with E-state index in [1.165, 1.54) is 38.5 Å². The first-order valence-corrected chi connectivity index (χ1v) is 11.6. The van der Waals surface area contributed by atoms with E-state index in [9.17, 15) is 0 Å². The van der Waals surface area contributed by atoms with Crippen molar-refractivity contribution < 1.29 is 13.3 Å². The maximum absolute atomic E-state index is 6.05. The second kappa shape index (κ2) is 16.7. The number of unbranched alkanes of at least 4 members (excludes halogenated alkanes) is 6. The highest BCUT2D eigenvalue weighted by Crippen LogP contribution is 2.15. The predicted molar refractivity (Wildman–Crippen MR) is 102 cm³/mol. The lowest BCUT2D eigenvalue weighted by Gasteiger charge is -2.26. The van der Waals surface area contributed by atoms with Crippen molar-refractivity contribution >= 4 is 8.80 Å². The average molecular weight is 345 g/mol. The molecular formula is C19H40O3Si. The Morgan fingerprint density at radius 1 is 0.609 bits per heavy atom. The van der Waals surface area contributed by atoms with Gasteiger partial charge in [0.2, 0.25) is 0 Å². The van der Waals surface area contributed by atoms with Gasteiger partial charge in [-0.25, -0.2) is 0 Å². The van der Waals surface area contributed by atoms with Crippen LogP contribution in [0, 0.1) is 0 Å². The third-order valence-electron chi connectivity index (χ3n) is 3.57. The van der Waals surface area contributed by atoms with Gasteiger partial charge in [-0.2, -0.15) is 0 Å². The number of allylic oxidation sites excluding steroid dienone is 1. The van der Waals surface area contributed by atoms with Gasteiger partial charge >= 0.3 is 8.80 Å². The summed E-state index contributed by atoms with van der Waals surface area (Å²) in [6.45, 7) is 10.8. The summed E-state index contributed by atoms with van der Waals surface area (Å²) in [5, 5.41) is 0. The zero-order valence-corrected chi connectivity index (χ0v) is 17.1. The summed E-state index contributed by atoms with van der Waals surface area (Å²) >= 11 is 0. The normalized spacial score (nSPS) is 12.3. The Labute approximate surface area is 146 Å². The fraction of sp³-hybridized carbons (Fsp3) is 0.895. The van der Waals surface area contributed by atoms with E-state index in [1.54, 1.807) is 0 Å². The number of rotatable bonds is 17. The molecule has 0 N–H and O–H groups in total. The van der Waals surface area contributed by atoms with E-state index in [1.807, 2.05) is 0 Å². The molecule has 0 radical (unpaired) electrons. The standard InChI is InChI=1S/C19H40O3Si/c1-5-9-10-11-12-13-14-15-19-23(20-16-6-2,21-17-7-3)22-18-8-4/h15,19H,5-14,16-18H2,1-4H3. The van der Waals surface area contributed by atoms with Crippen LogP contribution in [0.2, 0.25) is 0 Å². The van der Waals surface area contributed by atoms with Gasteiger partial charge in [0.15, 0.2) is 0 Å². The minimum Gasteiger partial charge on any atom is -0.370 e. The molecule has 4 heteroatoms. The third-order valence-corrected chi connectivity index (χ3v) is 6.03. The van der Waals surface area contributed by atoms with Gasteiger partial charge in [-0.15, -0.1) is 0 Å². The molecule has 0 amide bonds. The first kappa shape index (κ1) is 22.8. The van der Waals surface area contributed by atoms with E-state index in [-0.39, 0.29) is 0 Å². The highest BCUT2D eigenvalue weighted by molar-refractivity contribution is 6.66. The molecule has 0 aliphatic heterocycles. The lowest BCUT2D eigenvalue weighted by molar-refractivity contribution is 0.0715. The van der Waals surface area contributed by atoms with Crippen LogP contribution in [0.5, 0.6) is 0 Å². The van der Waals surface area contributed by atoms with Crippen LogP contribution in [0.25, 0.3) is 0 Å². The van der Waals surface area contributed by atoms with Crippen LogP contribution >= 0.6 is 0 Å². The number of hydrogen-bond acceptors (Lipinski definition) is 3. The fourth-order valence-electron chi connectivity index (χ4n) is 2.27. The summed E-state index contributed by atoms with van der Waals surface area (Å²) in [6, 6.07) is 0. The Morgan fingerprint density at radius 3 is 1.57 bits per heavy atom. The van der Waals surface area contributed by atoms with E-state index in [0.717, 1.165) is 25.7 Å². The molecule has 0 aliphatic rings. The Bertz CT molecular complexity index is 248. The summed E-state index contributed by atoms with van der Waals surface area (Å²) < 4.78 is 18.2. The molecule has 0 saturated carbocycles.